The van der Waals surface area contributed by atoms with Crippen LogP contribution in [0.2, 0.25) is 0 Å². The first-order valence-corrected chi connectivity index (χ1v) is 9.86. The van der Waals surface area contributed by atoms with E-state index in [1.165, 1.54) is 24.9 Å². The second-order valence-corrected chi connectivity index (χ2v) is 7.00. The van der Waals surface area contributed by atoms with Crippen LogP contribution in [-0.4, -0.2) is 37.4 Å². The molecule has 150 valence electrons. The van der Waals surface area contributed by atoms with Crippen molar-refractivity contribution in [2.45, 2.75) is 19.3 Å². The Morgan fingerprint density at radius 1 is 0.897 bits per heavy atom. The highest BCUT2D eigenvalue weighted by Crippen LogP contribution is 2.28. The molecular weight excluding hydrogens is 366 g/mol. The minimum Gasteiger partial charge on any atom is -0.493 e. The molecule has 6 heteroatoms. The zero-order valence-electron chi connectivity index (χ0n) is 16.8. The van der Waals surface area contributed by atoms with Gasteiger partial charge in [-0.3, -0.25) is 0 Å². The highest BCUT2D eigenvalue weighted by Gasteiger charge is 2.12. The van der Waals surface area contributed by atoms with Crippen molar-refractivity contribution in [1.82, 2.24) is 10.1 Å². The van der Waals surface area contributed by atoms with E-state index in [2.05, 4.69) is 39.3 Å². The van der Waals surface area contributed by atoms with Gasteiger partial charge in [-0.25, -0.2) is 0 Å². The molecule has 1 aliphatic rings. The number of hydrogen-bond donors (Lipinski definition) is 0. The molecule has 2 heterocycles. The summed E-state index contributed by atoms with van der Waals surface area (Å²) in [5, 5.41) is 4.11. The van der Waals surface area contributed by atoms with E-state index >= 15 is 0 Å². The van der Waals surface area contributed by atoms with Crippen LogP contribution in [0.1, 0.15) is 30.7 Å². The molecule has 0 aliphatic carbocycles. The van der Waals surface area contributed by atoms with E-state index in [1.54, 1.807) is 20.3 Å². The molecule has 6 nitrogen and oxygen atoms in total. The molecule has 2 aromatic carbocycles. The number of ether oxygens (including phenoxy) is 2. The van der Waals surface area contributed by atoms with Gasteiger partial charge in [0.05, 0.1) is 14.2 Å². The van der Waals surface area contributed by atoms with E-state index in [0.717, 1.165) is 24.2 Å². The molecular formula is C23H25N3O3. The first kappa shape index (κ1) is 19.1. The monoisotopic (exact) mass is 391 g/mol. The van der Waals surface area contributed by atoms with Gasteiger partial charge in [-0.15, -0.1) is 0 Å². The van der Waals surface area contributed by atoms with Gasteiger partial charge in [-0.1, -0.05) is 11.2 Å². The van der Waals surface area contributed by atoms with E-state index in [4.69, 9.17) is 14.0 Å². The zero-order chi connectivity index (χ0) is 20.1. The van der Waals surface area contributed by atoms with Crippen LogP contribution in [0.3, 0.4) is 0 Å². The molecule has 0 N–H and O–H groups in total. The van der Waals surface area contributed by atoms with Gasteiger partial charge in [-0.05, 0) is 67.3 Å². The smallest absolute Gasteiger partial charge is 0.250 e. The molecule has 1 aromatic heterocycles. The van der Waals surface area contributed by atoms with Crippen LogP contribution in [-0.2, 0) is 0 Å². The van der Waals surface area contributed by atoms with Crippen LogP contribution < -0.4 is 14.4 Å². The Hall–Kier alpha value is -3.28. The van der Waals surface area contributed by atoms with Gasteiger partial charge in [0.1, 0.15) is 0 Å². The molecule has 0 radical (unpaired) electrons. The summed E-state index contributed by atoms with van der Waals surface area (Å²) in [6.07, 6.45) is 7.56. The van der Waals surface area contributed by atoms with Crippen molar-refractivity contribution in [2.75, 3.05) is 32.2 Å². The van der Waals surface area contributed by atoms with Crippen molar-refractivity contribution in [2.24, 2.45) is 0 Å². The lowest BCUT2D eigenvalue weighted by atomic mass is 10.1. The van der Waals surface area contributed by atoms with Gasteiger partial charge < -0.3 is 18.9 Å². The minimum atomic E-state index is 0.454. The highest BCUT2D eigenvalue weighted by molar-refractivity contribution is 5.69. The highest BCUT2D eigenvalue weighted by atomic mass is 16.5. The van der Waals surface area contributed by atoms with Gasteiger partial charge in [0, 0.05) is 30.4 Å². The fourth-order valence-corrected chi connectivity index (χ4v) is 3.52. The summed E-state index contributed by atoms with van der Waals surface area (Å²) in [5.41, 5.74) is 3.15. The summed E-state index contributed by atoms with van der Waals surface area (Å²) in [7, 11) is 3.23. The molecule has 0 spiro atoms. The number of rotatable bonds is 6. The largest absolute Gasteiger partial charge is 0.493 e. The summed E-state index contributed by atoms with van der Waals surface area (Å²) in [5.74, 6) is 2.41. The summed E-state index contributed by atoms with van der Waals surface area (Å²) in [6.45, 7) is 2.26. The topological polar surface area (TPSA) is 60.6 Å². The first-order chi connectivity index (χ1) is 14.3. The fraction of sp³-hybridized carbons (Fsp3) is 0.304. The number of nitrogens with zero attached hydrogens (tertiary/aromatic N) is 3. The average molecular weight is 391 g/mol. The third-order valence-corrected chi connectivity index (χ3v) is 5.11. The van der Waals surface area contributed by atoms with Crippen molar-refractivity contribution < 1.29 is 14.0 Å². The second-order valence-electron chi connectivity index (χ2n) is 7.00. The fourth-order valence-electron chi connectivity index (χ4n) is 3.52. The third kappa shape index (κ3) is 4.42. The van der Waals surface area contributed by atoms with E-state index in [9.17, 15) is 0 Å². The Morgan fingerprint density at radius 3 is 2.38 bits per heavy atom. The predicted octanol–water partition coefficient (Wildman–Crippen LogP) is 4.91. The number of hydrogen-bond acceptors (Lipinski definition) is 6. The second kappa shape index (κ2) is 8.82. The number of methoxy groups -OCH3 is 2. The summed E-state index contributed by atoms with van der Waals surface area (Å²) < 4.78 is 16.0. The lowest BCUT2D eigenvalue weighted by Gasteiger charge is -2.28. The molecule has 29 heavy (non-hydrogen) atoms. The predicted molar refractivity (Wildman–Crippen MR) is 114 cm³/mol. The molecule has 0 bridgehead atoms. The first-order valence-electron chi connectivity index (χ1n) is 9.86. The Labute approximate surface area is 170 Å². The van der Waals surface area contributed by atoms with Crippen molar-refractivity contribution in [3.8, 4) is 22.9 Å². The zero-order valence-corrected chi connectivity index (χ0v) is 16.8. The van der Waals surface area contributed by atoms with Gasteiger partial charge in [0.25, 0.3) is 5.89 Å². The number of benzene rings is 2. The average Bonchev–Trinajstić information content (AvgIpc) is 3.27. The van der Waals surface area contributed by atoms with E-state index in [1.807, 2.05) is 24.3 Å². The van der Waals surface area contributed by atoms with Crippen LogP contribution in [0.5, 0.6) is 11.5 Å². The van der Waals surface area contributed by atoms with Gasteiger partial charge in [0.15, 0.2) is 11.5 Å². The van der Waals surface area contributed by atoms with Crippen molar-refractivity contribution in [1.29, 1.82) is 0 Å². The Balaban J connectivity index is 1.46. The van der Waals surface area contributed by atoms with Crippen molar-refractivity contribution in [3.05, 3.63) is 53.9 Å². The molecule has 0 atom stereocenters. The van der Waals surface area contributed by atoms with Crippen molar-refractivity contribution >= 4 is 17.8 Å². The standard InChI is InChI=1S/C23H25N3O3/c1-27-20-12-6-17(16-21(20)28-2)7-13-22-24-23(25-29-22)18-8-10-19(11-9-18)26-14-4-3-5-15-26/h6-13,16H,3-5,14-15H2,1-2H3/b13-7+. The van der Waals surface area contributed by atoms with Gasteiger partial charge >= 0.3 is 0 Å². The molecule has 0 amide bonds. The Morgan fingerprint density at radius 2 is 1.66 bits per heavy atom. The number of piperidine rings is 1. The van der Waals surface area contributed by atoms with Gasteiger partial charge in [0.2, 0.25) is 5.82 Å². The van der Waals surface area contributed by atoms with Crippen LogP contribution >= 0.6 is 0 Å². The molecule has 3 aromatic rings. The maximum Gasteiger partial charge on any atom is 0.250 e. The number of anilines is 1. The lowest BCUT2D eigenvalue weighted by Crippen LogP contribution is -2.29. The lowest BCUT2D eigenvalue weighted by molar-refractivity contribution is 0.355. The van der Waals surface area contributed by atoms with Crippen LogP contribution in [0.15, 0.2) is 47.0 Å². The summed E-state index contributed by atoms with van der Waals surface area (Å²) in [4.78, 5) is 6.91. The molecule has 0 saturated carbocycles. The van der Waals surface area contributed by atoms with Crippen LogP contribution in [0.25, 0.3) is 23.5 Å². The molecule has 1 aliphatic heterocycles. The maximum absolute atomic E-state index is 5.37. The Bertz CT molecular complexity index is 973. The molecule has 4 rings (SSSR count). The summed E-state index contributed by atoms with van der Waals surface area (Å²) in [6, 6.07) is 14.1. The molecule has 0 unspecified atom stereocenters. The van der Waals surface area contributed by atoms with Crippen LogP contribution in [0, 0.1) is 0 Å². The van der Waals surface area contributed by atoms with E-state index in [-0.39, 0.29) is 0 Å². The Kier molecular flexibility index (Phi) is 5.79. The van der Waals surface area contributed by atoms with Gasteiger partial charge in [-0.2, -0.15) is 4.98 Å². The molecule has 1 saturated heterocycles. The summed E-state index contributed by atoms with van der Waals surface area (Å²) >= 11 is 0. The normalized spacial score (nSPS) is 14.3. The number of aromatic nitrogens is 2. The van der Waals surface area contributed by atoms with E-state index in [0.29, 0.717) is 23.2 Å². The SMILES string of the molecule is COc1ccc(/C=C/c2nc(-c3ccc(N4CCCCC4)cc3)no2)cc1OC. The minimum absolute atomic E-state index is 0.454. The maximum atomic E-state index is 5.37. The molecule has 1 fully saturated rings. The van der Waals surface area contributed by atoms with Crippen molar-refractivity contribution in [3.63, 3.8) is 0 Å². The van der Waals surface area contributed by atoms with Crippen LogP contribution in [0.4, 0.5) is 5.69 Å². The third-order valence-electron chi connectivity index (χ3n) is 5.11. The van der Waals surface area contributed by atoms with E-state index < -0.39 is 0 Å². The quantitative estimate of drug-likeness (QED) is 0.595.